The number of aromatic nitrogens is 1. The Morgan fingerprint density at radius 3 is 2.80 bits per heavy atom. The van der Waals surface area contributed by atoms with E-state index in [2.05, 4.69) is 18.3 Å². The van der Waals surface area contributed by atoms with Gasteiger partial charge in [-0.25, -0.2) is 4.79 Å². The van der Waals surface area contributed by atoms with Gasteiger partial charge >= 0.3 is 6.03 Å². The Balaban J connectivity index is 1.66. The highest BCUT2D eigenvalue weighted by Gasteiger charge is 2.44. The van der Waals surface area contributed by atoms with Crippen molar-refractivity contribution in [2.24, 2.45) is 0 Å². The lowest BCUT2D eigenvalue weighted by Gasteiger charge is -2.45. The van der Waals surface area contributed by atoms with Crippen molar-refractivity contribution < 1.29 is 4.79 Å². The van der Waals surface area contributed by atoms with Gasteiger partial charge in [0.05, 0.1) is 24.3 Å². The first-order valence-electron chi connectivity index (χ1n) is 7.40. The van der Waals surface area contributed by atoms with E-state index < -0.39 is 0 Å². The highest BCUT2D eigenvalue weighted by Crippen LogP contribution is 2.40. The van der Waals surface area contributed by atoms with Crippen molar-refractivity contribution in [3.63, 3.8) is 0 Å². The zero-order valence-electron chi connectivity index (χ0n) is 12.0. The van der Waals surface area contributed by atoms with Crippen LogP contribution in [0.4, 0.5) is 4.79 Å². The molecule has 2 saturated heterocycles. The van der Waals surface area contributed by atoms with Gasteiger partial charge in [0.15, 0.2) is 0 Å². The van der Waals surface area contributed by atoms with Gasteiger partial charge in [0.2, 0.25) is 0 Å². The van der Waals surface area contributed by atoms with E-state index >= 15 is 0 Å². The van der Waals surface area contributed by atoms with Crippen molar-refractivity contribution in [3.05, 3.63) is 28.6 Å². The molecule has 3 aliphatic rings. The van der Waals surface area contributed by atoms with E-state index in [1.807, 2.05) is 16.7 Å². The number of fused-ring (bicyclic) bond motifs is 3. The molecule has 0 radical (unpaired) electrons. The van der Waals surface area contributed by atoms with Gasteiger partial charge in [-0.05, 0) is 37.5 Å². The summed E-state index contributed by atoms with van der Waals surface area (Å²) < 4.78 is 0. The lowest BCUT2D eigenvalue weighted by atomic mass is 10.0. The summed E-state index contributed by atoms with van der Waals surface area (Å²) in [5, 5.41) is 3.25. The Labute approximate surface area is 119 Å². The van der Waals surface area contributed by atoms with E-state index in [4.69, 9.17) is 4.98 Å². The summed E-state index contributed by atoms with van der Waals surface area (Å²) in [4.78, 5) is 21.5. The third-order valence-electron chi connectivity index (χ3n) is 4.86. The van der Waals surface area contributed by atoms with Crippen molar-refractivity contribution in [2.75, 3.05) is 19.6 Å². The predicted octanol–water partition coefficient (Wildman–Crippen LogP) is 1.35. The van der Waals surface area contributed by atoms with E-state index in [-0.39, 0.29) is 12.1 Å². The second-order valence-corrected chi connectivity index (χ2v) is 6.16. The number of carbonyl (C=O) groups excluding carboxylic acids is 1. The minimum absolute atomic E-state index is 0.195. The van der Waals surface area contributed by atoms with Gasteiger partial charge in [0, 0.05) is 25.3 Å². The van der Waals surface area contributed by atoms with E-state index in [9.17, 15) is 4.79 Å². The lowest BCUT2D eigenvalue weighted by molar-refractivity contribution is 0.0693. The van der Waals surface area contributed by atoms with Crippen LogP contribution in [0, 0.1) is 13.8 Å². The molecule has 0 saturated carbocycles. The molecule has 1 aromatic heterocycles. The molecule has 4 heterocycles. The Morgan fingerprint density at radius 1 is 1.30 bits per heavy atom. The minimum Gasteiger partial charge on any atom is -0.319 e. The van der Waals surface area contributed by atoms with E-state index in [0.29, 0.717) is 6.04 Å². The van der Waals surface area contributed by atoms with Gasteiger partial charge < -0.3 is 15.1 Å². The third kappa shape index (κ3) is 1.59. The van der Waals surface area contributed by atoms with Gasteiger partial charge in [-0.15, -0.1) is 0 Å². The first kappa shape index (κ1) is 12.1. The Bertz CT molecular complexity index is 581. The summed E-state index contributed by atoms with van der Waals surface area (Å²) >= 11 is 0. The molecule has 5 heteroatoms. The van der Waals surface area contributed by atoms with Crippen LogP contribution in [-0.4, -0.2) is 46.5 Å². The zero-order chi connectivity index (χ0) is 13.9. The van der Waals surface area contributed by atoms with Gasteiger partial charge in [-0.3, -0.25) is 4.98 Å². The van der Waals surface area contributed by atoms with Crippen LogP contribution in [0.25, 0.3) is 0 Å². The number of carbonyl (C=O) groups is 1. The van der Waals surface area contributed by atoms with Gasteiger partial charge in [0.25, 0.3) is 0 Å². The number of hydrogen-bond donors (Lipinski definition) is 1. The molecular formula is C15H20N4O. The normalized spacial score (nSPS) is 25.5. The van der Waals surface area contributed by atoms with Crippen LogP contribution in [-0.2, 0) is 6.54 Å². The molecule has 0 spiro atoms. The first-order chi connectivity index (χ1) is 9.65. The molecule has 0 bridgehead atoms. The summed E-state index contributed by atoms with van der Waals surface area (Å²) in [6, 6.07) is 2.90. The van der Waals surface area contributed by atoms with Gasteiger partial charge in [-0.1, -0.05) is 0 Å². The molecule has 5 nitrogen and oxygen atoms in total. The Hall–Kier alpha value is -1.62. The summed E-state index contributed by atoms with van der Waals surface area (Å²) in [6.07, 6.45) is 1.01. The fraction of sp³-hybridized carbons (Fsp3) is 0.600. The van der Waals surface area contributed by atoms with Crippen LogP contribution < -0.4 is 5.32 Å². The second-order valence-electron chi connectivity index (χ2n) is 6.16. The van der Waals surface area contributed by atoms with Crippen LogP contribution in [0.1, 0.15) is 35.0 Å². The molecule has 2 amide bonds. The summed E-state index contributed by atoms with van der Waals surface area (Å²) in [6.45, 7) is 7.63. The topological polar surface area (TPSA) is 48.5 Å². The van der Waals surface area contributed by atoms with E-state index in [1.165, 1.54) is 11.1 Å². The molecule has 1 aromatic rings. The number of nitrogens with one attached hydrogen (secondary N) is 1. The van der Waals surface area contributed by atoms with Crippen LogP contribution in [0.15, 0.2) is 6.07 Å². The number of aryl methyl sites for hydroxylation is 2. The molecule has 4 rings (SSSR count). The molecule has 0 aliphatic carbocycles. The quantitative estimate of drug-likeness (QED) is 0.839. The largest absolute Gasteiger partial charge is 0.321 e. The highest BCUT2D eigenvalue weighted by atomic mass is 16.2. The van der Waals surface area contributed by atoms with Crippen LogP contribution in [0.5, 0.6) is 0 Å². The number of nitrogens with zero attached hydrogens (tertiary/aromatic N) is 3. The molecule has 2 fully saturated rings. The van der Waals surface area contributed by atoms with Crippen molar-refractivity contribution in [3.8, 4) is 0 Å². The van der Waals surface area contributed by atoms with Gasteiger partial charge in [0.1, 0.15) is 0 Å². The number of pyridine rings is 1. The van der Waals surface area contributed by atoms with Crippen molar-refractivity contribution >= 4 is 6.03 Å². The molecule has 3 aliphatic heterocycles. The summed E-state index contributed by atoms with van der Waals surface area (Å²) in [5.41, 5.74) is 4.73. The Morgan fingerprint density at radius 2 is 2.10 bits per heavy atom. The number of rotatable bonds is 1. The number of hydrogen-bond acceptors (Lipinski definition) is 3. The Kier molecular flexibility index (Phi) is 2.54. The zero-order valence-corrected chi connectivity index (χ0v) is 12.0. The van der Waals surface area contributed by atoms with E-state index in [0.717, 1.165) is 44.0 Å². The molecule has 1 N–H and O–H groups in total. The fourth-order valence-electron chi connectivity index (χ4n) is 3.65. The summed E-state index contributed by atoms with van der Waals surface area (Å²) in [5.74, 6) is 0. The maximum atomic E-state index is 12.7. The average molecular weight is 272 g/mol. The van der Waals surface area contributed by atoms with Crippen LogP contribution >= 0.6 is 0 Å². The SMILES string of the molecule is Cc1cc(C)c2c(n1)C1CCN(C3CNC3)C(=O)N1C2. The highest BCUT2D eigenvalue weighted by molar-refractivity contribution is 5.77. The summed E-state index contributed by atoms with van der Waals surface area (Å²) in [7, 11) is 0. The fourth-order valence-corrected chi connectivity index (χ4v) is 3.65. The van der Waals surface area contributed by atoms with E-state index in [1.54, 1.807) is 0 Å². The smallest absolute Gasteiger partial charge is 0.319 e. The monoisotopic (exact) mass is 272 g/mol. The maximum absolute atomic E-state index is 12.7. The molecule has 1 atom stereocenters. The van der Waals surface area contributed by atoms with Crippen LogP contribution in [0.2, 0.25) is 0 Å². The molecular weight excluding hydrogens is 252 g/mol. The molecule has 0 aromatic carbocycles. The van der Waals surface area contributed by atoms with Crippen molar-refractivity contribution in [1.82, 2.24) is 20.1 Å². The maximum Gasteiger partial charge on any atom is 0.321 e. The first-order valence-corrected chi connectivity index (χ1v) is 7.40. The standard InChI is InChI=1S/C15H20N4O/c1-9-5-10(2)17-14-12(9)8-19-13(14)3-4-18(15(19)20)11-6-16-7-11/h5,11,13,16H,3-4,6-8H2,1-2H3. The second kappa shape index (κ2) is 4.19. The molecule has 1 unspecified atom stereocenters. The van der Waals surface area contributed by atoms with Crippen molar-refractivity contribution in [2.45, 2.75) is 38.9 Å². The minimum atomic E-state index is 0.195. The average Bonchev–Trinajstić information content (AvgIpc) is 2.70. The number of urea groups is 1. The third-order valence-corrected chi connectivity index (χ3v) is 4.86. The van der Waals surface area contributed by atoms with Crippen molar-refractivity contribution in [1.29, 1.82) is 0 Å². The predicted molar refractivity (Wildman–Crippen MR) is 75.4 cm³/mol. The molecule has 20 heavy (non-hydrogen) atoms. The lowest BCUT2D eigenvalue weighted by Crippen LogP contribution is -2.63. The van der Waals surface area contributed by atoms with Gasteiger partial charge in [-0.2, -0.15) is 0 Å². The van der Waals surface area contributed by atoms with Crippen LogP contribution in [0.3, 0.4) is 0 Å². The molecule has 106 valence electrons. The number of amides is 2.